The average Bonchev–Trinajstić information content (AvgIpc) is 3.76. The lowest BCUT2D eigenvalue weighted by atomic mass is 10.1. The molecule has 0 spiro atoms. The van der Waals surface area contributed by atoms with Crippen molar-refractivity contribution in [3.8, 4) is 5.75 Å². The number of aromatic carboxylic acids is 1. The molecule has 4 N–H and O–H groups in total. The number of rotatable bonds is 10. The van der Waals surface area contributed by atoms with Gasteiger partial charge >= 0.3 is 25.6 Å². The maximum atomic E-state index is 15.6. The number of pyridine rings is 1. The zero-order valence-corrected chi connectivity index (χ0v) is 23.7. The Morgan fingerprint density at radius 2 is 1.88 bits per heavy atom. The minimum Gasteiger partial charge on any atom is -0.492 e. The van der Waals surface area contributed by atoms with Gasteiger partial charge in [-0.3, -0.25) is 14.2 Å². The molecule has 1 aliphatic carbocycles. The van der Waals surface area contributed by atoms with Crippen LogP contribution in [0.15, 0.2) is 17.1 Å². The number of aromatic nitrogens is 1. The van der Waals surface area contributed by atoms with Crippen molar-refractivity contribution < 1.29 is 57.5 Å². The molecule has 1 saturated carbocycles. The molecule has 1 aromatic carbocycles. The number of carboxylic acid groups (broad SMARTS) is 1. The van der Waals surface area contributed by atoms with Gasteiger partial charge in [0.1, 0.15) is 11.3 Å². The number of anilines is 1. The minimum atomic E-state index is -4.76. The van der Waals surface area contributed by atoms with E-state index in [4.69, 9.17) is 24.0 Å². The Labute approximate surface area is 238 Å². The number of halogens is 1. The van der Waals surface area contributed by atoms with Crippen molar-refractivity contribution in [1.82, 2.24) is 9.47 Å². The number of aliphatic hydroxyl groups is 1. The number of carbonyl (C=O) groups excluding carboxylic acids is 2. The van der Waals surface area contributed by atoms with Crippen LogP contribution in [-0.2, 0) is 18.8 Å². The first-order valence-corrected chi connectivity index (χ1v) is 14.7. The second kappa shape index (κ2) is 12.3. The minimum absolute atomic E-state index is 0.0609. The van der Waals surface area contributed by atoms with Crippen molar-refractivity contribution in [2.24, 2.45) is 0 Å². The standard InChI is InChI=1S/C25H31FN3O12P/c1-13-10-27(7-8-28(13)25(35)41-12-40-18(30)5-6-19(31)42(36,37)38)21-17(26)9-15-20(23(21)39-2)29(14-3-4-14)11-16(22(15)32)24(33)34/h9,11,13-14,19,31H,3-8,10,12H2,1-2H3,(H,33,34)(H2,36,37,38). The summed E-state index contributed by atoms with van der Waals surface area (Å²) in [5, 5.41) is 18.7. The summed E-state index contributed by atoms with van der Waals surface area (Å²) in [5.74, 6) is -5.08. The Morgan fingerprint density at radius 3 is 2.45 bits per heavy atom. The predicted octanol–water partition coefficient (Wildman–Crippen LogP) is 1.61. The highest BCUT2D eigenvalue weighted by Crippen LogP contribution is 2.44. The van der Waals surface area contributed by atoms with Crippen LogP contribution in [0.3, 0.4) is 0 Å². The van der Waals surface area contributed by atoms with Crippen molar-refractivity contribution >= 4 is 42.2 Å². The molecule has 2 aromatic rings. The zero-order valence-electron chi connectivity index (χ0n) is 22.8. The number of carbonyl (C=O) groups is 3. The van der Waals surface area contributed by atoms with Crippen LogP contribution in [0.4, 0.5) is 14.9 Å². The Morgan fingerprint density at radius 1 is 1.19 bits per heavy atom. The highest BCUT2D eigenvalue weighted by atomic mass is 31.2. The first kappa shape index (κ1) is 31.2. The molecule has 1 aromatic heterocycles. The number of nitrogens with zero attached hydrogens (tertiary/aromatic N) is 3. The molecule has 15 nitrogen and oxygen atoms in total. The third-order valence-corrected chi connectivity index (χ3v) is 8.18. The van der Waals surface area contributed by atoms with Crippen LogP contribution < -0.4 is 15.1 Å². The fourth-order valence-corrected chi connectivity index (χ4v) is 5.34. The van der Waals surface area contributed by atoms with Crippen LogP contribution in [0.1, 0.15) is 49.0 Å². The molecular formula is C25H31FN3O12P. The van der Waals surface area contributed by atoms with Gasteiger partial charge in [0.05, 0.1) is 18.0 Å². The molecule has 2 fully saturated rings. The maximum absolute atomic E-state index is 15.6. The number of methoxy groups -OCH3 is 1. The molecule has 42 heavy (non-hydrogen) atoms. The topological polar surface area (TPSA) is 205 Å². The third-order valence-electron chi connectivity index (χ3n) is 7.15. The molecule has 1 aliphatic heterocycles. The smallest absolute Gasteiger partial charge is 0.413 e. The zero-order chi connectivity index (χ0) is 30.9. The number of esters is 1. The average molecular weight is 616 g/mol. The van der Waals surface area contributed by atoms with E-state index >= 15 is 4.39 Å². The SMILES string of the molecule is COc1c(N2CCN(C(=O)OCOC(=O)CCC(O)P(=O)(O)O)C(C)C2)c(F)cc2c(=O)c(C(=O)O)cn(C3CC3)c12. The summed E-state index contributed by atoms with van der Waals surface area (Å²) < 4.78 is 43.5. The fourth-order valence-electron chi connectivity index (χ4n) is 4.87. The second-order valence-electron chi connectivity index (χ2n) is 10.1. The second-order valence-corrected chi connectivity index (χ2v) is 11.9. The summed E-state index contributed by atoms with van der Waals surface area (Å²) in [6.07, 6.45) is 0.912. The van der Waals surface area contributed by atoms with Crippen molar-refractivity contribution in [2.75, 3.05) is 38.4 Å². The van der Waals surface area contributed by atoms with Crippen LogP contribution in [0, 0.1) is 5.82 Å². The van der Waals surface area contributed by atoms with Gasteiger partial charge in [0.15, 0.2) is 17.4 Å². The van der Waals surface area contributed by atoms with E-state index in [1.165, 1.54) is 18.2 Å². The number of benzene rings is 1. The molecule has 2 heterocycles. The Kier molecular flexibility index (Phi) is 9.11. The molecule has 2 aliphatic rings. The summed E-state index contributed by atoms with van der Waals surface area (Å²) in [6.45, 7) is 1.28. The highest BCUT2D eigenvalue weighted by molar-refractivity contribution is 7.52. The highest BCUT2D eigenvalue weighted by Gasteiger charge is 2.35. The van der Waals surface area contributed by atoms with Gasteiger partial charge in [-0.1, -0.05) is 0 Å². The van der Waals surface area contributed by atoms with Gasteiger partial charge in [-0.25, -0.2) is 14.0 Å². The van der Waals surface area contributed by atoms with Gasteiger partial charge in [-0.05, 0) is 32.3 Å². The van der Waals surface area contributed by atoms with E-state index in [9.17, 15) is 34.0 Å². The van der Waals surface area contributed by atoms with Gasteiger partial charge < -0.3 is 48.6 Å². The predicted molar refractivity (Wildman–Crippen MR) is 143 cm³/mol. The largest absolute Gasteiger partial charge is 0.492 e. The summed E-state index contributed by atoms with van der Waals surface area (Å²) in [4.78, 5) is 69.6. The summed E-state index contributed by atoms with van der Waals surface area (Å²) in [6, 6.07) is 0.439. The number of amides is 1. The number of fused-ring (bicyclic) bond motifs is 1. The van der Waals surface area contributed by atoms with Crippen molar-refractivity contribution in [2.45, 2.75) is 50.5 Å². The van der Waals surface area contributed by atoms with E-state index in [0.717, 1.165) is 18.9 Å². The Bertz CT molecular complexity index is 1500. The molecule has 0 radical (unpaired) electrons. The van der Waals surface area contributed by atoms with E-state index in [1.807, 2.05) is 0 Å². The quantitative estimate of drug-likeness (QED) is 0.171. The number of aliphatic hydroxyl groups excluding tert-OH is 1. The monoisotopic (exact) mass is 615 g/mol. The number of carboxylic acids is 1. The fraction of sp³-hybridized carbons (Fsp3) is 0.520. The molecule has 1 amide bonds. The number of hydrogen-bond acceptors (Lipinski definition) is 10. The lowest BCUT2D eigenvalue weighted by Gasteiger charge is -2.40. The summed E-state index contributed by atoms with van der Waals surface area (Å²) in [5.41, 5.74) is -0.935. The van der Waals surface area contributed by atoms with Crippen LogP contribution in [-0.4, -0.2) is 92.9 Å². The van der Waals surface area contributed by atoms with Gasteiger partial charge in [0.2, 0.25) is 12.2 Å². The van der Waals surface area contributed by atoms with E-state index in [-0.39, 0.29) is 48.0 Å². The molecule has 2 atom stereocenters. The van der Waals surface area contributed by atoms with E-state index in [2.05, 4.69) is 0 Å². The summed E-state index contributed by atoms with van der Waals surface area (Å²) in [7, 11) is -3.43. The molecule has 0 bridgehead atoms. The van der Waals surface area contributed by atoms with Gasteiger partial charge in [-0.15, -0.1) is 0 Å². The number of hydrogen-bond donors (Lipinski definition) is 4. The van der Waals surface area contributed by atoms with Crippen LogP contribution >= 0.6 is 7.60 Å². The van der Waals surface area contributed by atoms with Crippen LogP contribution in [0.5, 0.6) is 5.75 Å². The Hall–Kier alpha value is -3.72. The maximum Gasteiger partial charge on any atom is 0.413 e. The van der Waals surface area contributed by atoms with E-state index in [1.54, 1.807) is 16.4 Å². The first-order valence-electron chi connectivity index (χ1n) is 13.0. The Balaban J connectivity index is 1.46. The van der Waals surface area contributed by atoms with Gasteiger partial charge in [0, 0.05) is 44.3 Å². The lowest BCUT2D eigenvalue weighted by Crippen LogP contribution is -2.54. The van der Waals surface area contributed by atoms with Crippen molar-refractivity contribution in [3.63, 3.8) is 0 Å². The van der Waals surface area contributed by atoms with Crippen LogP contribution in [0.25, 0.3) is 10.9 Å². The molecule has 1 saturated heterocycles. The molecule has 230 valence electrons. The van der Waals surface area contributed by atoms with Crippen LogP contribution in [0.2, 0.25) is 0 Å². The summed E-state index contributed by atoms with van der Waals surface area (Å²) >= 11 is 0. The van der Waals surface area contributed by atoms with Gasteiger partial charge in [-0.2, -0.15) is 0 Å². The number of piperazine rings is 1. The van der Waals surface area contributed by atoms with E-state index < -0.39 is 74.0 Å². The normalized spacial score (nSPS) is 18.1. The molecule has 4 rings (SSSR count). The first-order chi connectivity index (χ1) is 19.7. The third kappa shape index (κ3) is 6.51. The number of ether oxygens (including phenoxy) is 3. The van der Waals surface area contributed by atoms with Crippen molar-refractivity contribution in [1.29, 1.82) is 0 Å². The molecule has 17 heteroatoms. The molecule has 2 unspecified atom stereocenters. The van der Waals surface area contributed by atoms with Crippen molar-refractivity contribution in [3.05, 3.63) is 33.9 Å². The lowest BCUT2D eigenvalue weighted by molar-refractivity contribution is -0.153. The molecular weight excluding hydrogens is 584 g/mol. The van der Waals surface area contributed by atoms with Gasteiger partial charge in [0.25, 0.3) is 0 Å². The van der Waals surface area contributed by atoms with E-state index in [0.29, 0.717) is 0 Å².